The predicted octanol–water partition coefficient (Wildman–Crippen LogP) is 1.59. The quantitative estimate of drug-likeness (QED) is 0.878. The first-order chi connectivity index (χ1) is 8.61. The van der Waals surface area contributed by atoms with E-state index in [1.807, 2.05) is 13.0 Å². The van der Waals surface area contributed by atoms with E-state index in [2.05, 4.69) is 10.3 Å². The van der Waals surface area contributed by atoms with E-state index in [-0.39, 0.29) is 11.8 Å². The fourth-order valence-corrected chi connectivity index (χ4v) is 2.90. The summed E-state index contributed by atoms with van der Waals surface area (Å²) in [7, 11) is -3.06. The Balaban J connectivity index is 2.07. The minimum atomic E-state index is -3.06. The van der Waals surface area contributed by atoms with E-state index in [0.717, 1.165) is 6.42 Å². The largest absolute Gasteiger partial charge is 0.490 e. The summed E-state index contributed by atoms with van der Waals surface area (Å²) in [6, 6.07) is 3.36. The summed E-state index contributed by atoms with van der Waals surface area (Å²) >= 11 is 0. The van der Waals surface area contributed by atoms with Gasteiger partial charge in [-0.15, -0.1) is 0 Å². The molecule has 18 heavy (non-hydrogen) atoms. The maximum absolute atomic E-state index is 11.3. The van der Waals surface area contributed by atoms with Crippen molar-refractivity contribution >= 4 is 15.7 Å². The molecule has 1 aromatic rings. The van der Waals surface area contributed by atoms with Gasteiger partial charge in [-0.2, -0.15) is 0 Å². The number of aromatic nitrogens is 1. The lowest BCUT2D eigenvalue weighted by Gasteiger charge is -2.14. The van der Waals surface area contributed by atoms with Crippen LogP contribution in [-0.2, 0) is 9.84 Å². The lowest BCUT2D eigenvalue weighted by molar-refractivity contribution is 0.317. The van der Waals surface area contributed by atoms with Gasteiger partial charge in [0, 0.05) is 11.6 Å². The summed E-state index contributed by atoms with van der Waals surface area (Å²) in [5, 5.41) is 4.31. The summed E-state index contributed by atoms with van der Waals surface area (Å²) in [6.45, 7) is 2.63. The fraction of sp³-hybridized carbons (Fsp3) is 0.417. The van der Waals surface area contributed by atoms with E-state index in [1.54, 1.807) is 18.3 Å². The molecule has 0 radical (unpaired) electrons. The van der Waals surface area contributed by atoms with Crippen molar-refractivity contribution in [1.82, 2.24) is 4.98 Å². The molecule has 2 rings (SSSR count). The van der Waals surface area contributed by atoms with E-state index >= 15 is 0 Å². The smallest absolute Gasteiger partial charge is 0.173 e. The third-order valence-electron chi connectivity index (χ3n) is 2.48. The Kier molecular flexibility index (Phi) is 3.86. The molecule has 2 heterocycles. The first-order valence-electron chi connectivity index (χ1n) is 5.86. The topological polar surface area (TPSA) is 68.3 Å². The van der Waals surface area contributed by atoms with Crippen molar-refractivity contribution in [2.45, 2.75) is 19.4 Å². The van der Waals surface area contributed by atoms with Gasteiger partial charge >= 0.3 is 0 Å². The van der Waals surface area contributed by atoms with Gasteiger partial charge in [-0.25, -0.2) is 13.4 Å². The third-order valence-corrected chi connectivity index (χ3v) is 3.88. The lowest BCUT2D eigenvalue weighted by Crippen LogP contribution is -2.22. The van der Waals surface area contributed by atoms with Crippen LogP contribution in [0.25, 0.3) is 0 Å². The normalized spacial score (nSPS) is 20.8. The van der Waals surface area contributed by atoms with Gasteiger partial charge < -0.3 is 10.1 Å². The second-order valence-corrected chi connectivity index (χ2v) is 6.04. The second kappa shape index (κ2) is 5.39. The first-order valence-corrected chi connectivity index (χ1v) is 7.57. The molecule has 1 aliphatic heterocycles. The van der Waals surface area contributed by atoms with E-state index in [1.165, 1.54) is 5.41 Å². The average Bonchev–Trinajstić information content (AvgIpc) is 2.68. The molecule has 1 unspecified atom stereocenters. The summed E-state index contributed by atoms with van der Waals surface area (Å²) in [5.41, 5.74) is 0. The molecule has 0 bridgehead atoms. The van der Waals surface area contributed by atoms with Gasteiger partial charge in [-0.1, -0.05) is 6.92 Å². The molecule has 0 fully saturated rings. The highest BCUT2D eigenvalue weighted by Crippen LogP contribution is 2.23. The van der Waals surface area contributed by atoms with Gasteiger partial charge in [0.1, 0.15) is 0 Å². The molecule has 0 spiro atoms. The van der Waals surface area contributed by atoms with Gasteiger partial charge in [-0.05, 0) is 24.6 Å². The third kappa shape index (κ3) is 3.22. The summed E-state index contributed by atoms with van der Waals surface area (Å²) in [5.74, 6) is 1.30. The van der Waals surface area contributed by atoms with Crippen LogP contribution in [0.5, 0.6) is 5.75 Å². The standard InChI is InChI=1S/C12H16N2O3S/c1-2-7-17-11-4-3-6-13-12(11)14-10-5-8-18(15,16)9-10/h3-6,8,10H,2,7,9H2,1H3,(H,13,14). The molecule has 1 N–H and O–H groups in total. The molecule has 6 heteroatoms. The van der Waals surface area contributed by atoms with Gasteiger partial charge in [0.15, 0.2) is 21.4 Å². The number of hydrogen-bond acceptors (Lipinski definition) is 5. The van der Waals surface area contributed by atoms with Gasteiger partial charge in [-0.3, -0.25) is 0 Å². The molecule has 0 aliphatic carbocycles. The van der Waals surface area contributed by atoms with E-state index in [9.17, 15) is 8.42 Å². The van der Waals surface area contributed by atoms with Crippen LogP contribution >= 0.6 is 0 Å². The summed E-state index contributed by atoms with van der Waals surface area (Å²) < 4.78 is 28.2. The summed E-state index contributed by atoms with van der Waals surface area (Å²) in [4.78, 5) is 4.18. The van der Waals surface area contributed by atoms with Crippen LogP contribution in [0.4, 0.5) is 5.82 Å². The Hall–Kier alpha value is -1.56. The van der Waals surface area contributed by atoms with Crippen LogP contribution in [0.3, 0.4) is 0 Å². The Morgan fingerprint density at radius 2 is 2.39 bits per heavy atom. The molecule has 0 saturated heterocycles. The highest BCUT2D eigenvalue weighted by atomic mass is 32.2. The Bertz CT molecular complexity index is 540. The zero-order valence-electron chi connectivity index (χ0n) is 10.2. The Labute approximate surface area is 107 Å². The van der Waals surface area contributed by atoms with Gasteiger partial charge in [0.2, 0.25) is 0 Å². The molecule has 5 nitrogen and oxygen atoms in total. The SMILES string of the molecule is CCCOc1cccnc1NC1C=CS(=O)(=O)C1. The lowest BCUT2D eigenvalue weighted by atomic mass is 10.3. The van der Waals surface area contributed by atoms with Crippen LogP contribution in [0, 0.1) is 0 Å². The monoisotopic (exact) mass is 268 g/mol. The number of nitrogens with zero attached hydrogens (tertiary/aromatic N) is 1. The zero-order valence-corrected chi connectivity index (χ0v) is 11.0. The van der Waals surface area contributed by atoms with Crippen molar-refractivity contribution in [3.05, 3.63) is 29.8 Å². The second-order valence-electron chi connectivity index (χ2n) is 4.11. The van der Waals surface area contributed by atoms with Crippen molar-refractivity contribution < 1.29 is 13.2 Å². The minimum absolute atomic E-state index is 0.0663. The maximum Gasteiger partial charge on any atom is 0.173 e. The number of hydrogen-bond donors (Lipinski definition) is 1. The Morgan fingerprint density at radius 1 is 1.56 bits per heavy atom. The molecular weight excluding hydrogens is 252 g/mol. The minimum Gasteiger partial charge on any atom is -0.490 e. The highest BCUT2D eigenvalue weighted by Gasteiger charge is 2.22. The molecule has 1 aromatic heterocycles. The van der Waals surface area contributed by atoms with Crippen LogP contribution in [-0.4, -0.2) is 31.8 Å². The number of pyridine rings is 1. The number of rotatable bonds is 5. The Morgan fingerprint density at radius 3 is 3.06 bits per heavy atom. The van der Waals surface area contributed by atoms with Crippen molar-refractivity contribution in [2.24, 2.45) is 0 Å². The van der Waals surface area contributed by atoms with Crippen LogP contribution in [0.2, 0.25) is 0 Å². The highest BCUT2D eigenvalue weighted by molar-refractivity contribution is 7.94. The van der Waals surface area contributed by atoms with E-state index in [0.29, 0.717) is 18.2 Å². The number of anilines is 1. The van der Waals surface area contributed by atoms with E-state index < -0.39 is 9.84 Å². The fourth-order valence-electron chi connectivity index (χ4n) is 1.67. The van der Waals surface area contributed by atoms with Crippen molar-refractivity contribution in [3.8, 4) is 5.75 Å². The van der Waals surface area contributed by atoms with Crippen LogP contribution in [0.15, 0.2) is 29.8 Å². The number of nitrogens with one attached hydrogen (secondary N) is 1. The molecule has 0 saturated carbocycles. The van der Waals surface area contributed by atoms with Crippen LogP contribution in [0.1, 0.15) is 13.3 Å². The van der Waals surface area contributed by atoms with Crippen molar-refractivity contribution in [3.63, 3.8) is 0 Å². The average molecular weight is 268 g/mol. The van der Waals surface area contributed by atoms with E-state index in [4.69, 9.17) is 4.74 Å². The molecule has 0 amide bonds. The zero-order chi connectivity index (χ0) is 13.0. The summed E-state index contributed by atoms with van der Waals surface area (Å²) in [6.07, 6.45) is 4.19. The van der Waals surface area contributed by atoms with Gasteiger partial charge in [0.05, 0.1) is 18.4 Å². The molecule has 1 atom stereocenters. The molecular formula is C12H16N2O3S. The molecule has 98 valence electrons. The molecule has 0 aromatic carbocycles. The predicted molar refractivity (Wildman–Crippen MR) is 70.4 cm³/mol. The number of ether oxygens (including phenoxy) is 1. The number of sulfone groups is 1. The molecule has 1 aliphatic rings. The van der Waals surface area contributed by atoms with Crippen molar-refractivity contribution in [1.29, 1.82) is 0 Å². The van der Waals surface area contributed by atoms with Crippen molar-refractivity contribution in [2.75, 3.05) is 17.7 Å². The first kappa shape index (κ1) is 12.9. The van der Waals surface area contributed by atoms with Gasteiger partial charge in [0.25, 0.3) is 0 Å². The van der Waals surface area contributed by atoms with Crippen LogP contribution < -0.4 is 10.1 Å². The maximum atomic E-state index is 11.3.